The summed E-state index contributed by atoms with van der Waals surface area (Å²) >= 11 is 0. The first kappa shape index (κ1) is 19.4. The van der Waals surface area contributed by atoms with Crippen molar-refractivity contribution in [3.8, 4) is 11.8 Å². The monoisotopic (exact) mass is 373 g/mol. The number of hydrogen-bond acceptors (Lipinski definition) is 5. The Bertz CT molecular complexity index is 965. The molecule has 0 aliphatic carbocycles. The maximum Gasteiger partial charge on any atom is 0.275 e. The van der Waals surface area contributed by atoms with E-state index in [0.29, 0.717) is 5.75 Å². The minimum atomic E-state index is -4.00. The highest BCUT2D eigenvalue weighted by atomic mass is 32.2. The van der Waals surface area contributed by atoms with Gasteiger partial charge in [0.15, 0.2) is 6.10 Å². The van der Waals surface area contributed by atoms with Crippen LogP contribution in [0.1, 0.15) is 23.6 Å². The van der Waals surface area contributed by atoms with E-state index in [2.05, 4.69) is 5.43 Å². The van der Waals surface area contributed by atoms with E-state index < -0.39 is 22.0 Å². The van der Waals surface area contributed by atoms with E-state index >= 15 is 0 Å². The van der Waals surface area contributed by atoms with Gasteiger partial charge in [-0.15, -0.1) is 4.83 Å². The number of ether oxygens (including phenoxy) is 1. The van der Waals surface area contributed by atoms with Crippen molar-refractivity contribution in [1.29, 1.82) is 5.26 Å². The summed E-state index contributed by atoms with van der Waals surface area (Å²) in [5.41, 5.74) is 4.25. The summed E-state index contributed by atoms with van der Waals surface area (Å²) in [6.45, 7) is 5.32. The Morgan fingerprint density at radius 2 is 1.88 bits per heavy atom. The van der Waals surface area contributed by atoms with Crippen molar-refractivity contribution < 1.29 is 17.9 Å². The van der Waals surface area contributed by atoms with Crippen LogP contribution in [0.5, 0.6) is 5.75 Å². The van der Waals surface area contributed by atoms with Crippen LogP contribution >= 0.6 is 0 Å². The van der Waals surface area contributed by atoms with Crippen LogP contribution in [-0.4, -0.2) is 20.4 Å². The highest BCUT2D eigenvalue weighted by Gasteiger charge is 2.20. The van der Waals surface area contributed by atoms with Crippen molar-refractivity contribution in [3.05, 3.63) is 59.2 Å². The molecule has 1 amide bonds. The molecule has 0 heterocycles. The largest absolute Gasteiger partial charge is 0.481 e. The molecule has 0 spiro atoms. The Labute approximate surface area is 152 Å². The normalized spacial score (nSPS) is 12.1. The summed E-state index contributed by atoms with van der Waals surface area (Å²) in [4.78, 5) is 14.0. The molecular formula is C18H19N3O4S. The van der Waals surface area contributed by atoms with Gasteiger partial charge in [-0.05, 0) is 56.2 Å². The molecule has 0 bridgehead atoms. The molecule has 1 atom stereocenters. The standard InChI is InChI=1S/C18H19N3O4S/c1-12-6-4-9-17(13(12)2)25-14(3)18(22)20-21-26(23,24)16-8-5-7-15(10-16)11-19/h4-10,14,21H,1-3H3,(H,20,22)/t14-/m1/s1. The van der Waals surface area contributed by atoms with Crippen LogP contribution in [-0.2, 0) is 14.8 Å². The Kier molecular flexibility index (Phi) is 5.97. The van der Waals surface area contributed by atoms with E-state index in [9.17, 15) is 13.2 Å². The molecule has 0 saturated carbocycles. The molecule has 0 aliphatic rings. The average Bonchev–Trinajstić information content (AvgIpc) is 2.63. The van der Waals surface area contributed by atoms with Crippen LogP contribution in [0.3, 0.4) is 0 Å². The van der Waals surface area contributed by atoms with E-state index in [1.54, 1.807) is 6.07 Å². The van der Waals surface area contributed by atoms with Crippen molar-refractivity contribution in [2.75, 3.05) is 0 Å². The minimum absolute atomic E-state index is 0.125. The van der Waals surface area contributed by atoms with Gasteiger partial charge in [0.1, 0.15) is 5.75 Å². The zero-order valence-corrected chi connectivity index (χ0v) is 15.4. The lowest BCUT2D eigenvalue weighted by Gasteiger charge is -2.17. The number of nitrogens with one attached hydrogen (secondary N) is 2. The van der Waals surface area contributed by atoms with Gasteiger partial charge in [0.2, 0.25) is 0 Å². The third-order valence-electron chi connectivity index (χ3n) is 3.81. The summed E-state index contributed by atoms with van der Waals surface area (Å²) in [5, 5.41) is 8.85. The SMILES string of the molecule is Cc1cccc(O[C@H](C)C(=O)NNS(=O)(=O)c2cccc(C#N)c2)c1C. The molecule has 0 unspecified atom stereocenters. The fourth-order valence-corrected chi connectivity index (χ4v) is 3.00. The smallest absolute Gasteiger partial charge is 0.275 e. The van der Waals surface area contributed by atoms with Gasteiger partial charge < -0.3 is 4.74 Å². The van der Waals surface area contributed by atoms with Gasteiger partial charge in [0.25, 0.3) is 15.9 Å². The average molecular weight is 373 g/mol. The van der Waals surface area contributed by atoms with Crippen LogP contribution in [0.25, 0.3) is 0 Å². The summed E-state index contributed by atoms with van der Waals surface area (Å²) in [6, 6.07) is 12.8. The molecule has 8 heteroatoms. The van der Waals surface area contributed by atoms with Crippen LogP contribution in [0.2, 0.25) is 0 Å². The third-order valence-corrected chi connectivity index (χ3v) is 5.06. The number of nitriles is 1. The van der Waals surface area contributed by atoms with E-state index in [0.717, 1.165) is 11.1 Å². The van der Waals surface area contributed by atoms with Gasteiger partial charge in [0, 0.05) is 0 Å². The predicted octanol–water partition coefficient (Wildman–Crippen LogP) is 1.95. The summed E-state index contributed by atoms with van der Waals surface area (Å²) < 4.78 is 30.0. The molecule has 0 fully saturated rings. The lowest BCUT2D eigenvalue weighted by atomic mass is 10.1. The molecule has 0 aromatic heterocycles. The topological polar surface area (TPSA) is 108 Å². The molecule has 0 aliphatic heterocycles. The zero-order valence-electron chi connectivity index (χ0n) is 14.6. The number of amides is 1. The van der Waals surface area contributed by atoms with Gasteiger partial charge in [-0.3, -0.25) is 10.2 Å². The molecule has 2 rings (SSSR count). The van der Waals surface area contributed by atoms with Gasteiger partial charge in [-0.25, -0.2) is 8.42 Å². The van der Waals surface area contributed by atoms with Gasteiger partial charge >= 0.3 is 0 Å². The number of sulfonamides is 1. The van der Waals surface area contributed by atoms with Crippen LogP contribution < -0.4 is 15.0 Å². The van der Waals surface area contributed by atoms with Crippen LogP contribution in [0, 0.1) is 25.2 Å². The van der Waals surface area contributed by atoms with E-state index in [1.165, 1.54) is 31.2 Å². The van der Waals surface area contributed by atoms with Gasteiger partial charge in [0.05, 0.1) is 16.5 Å². The maximum atomic E-state index is 12.2. The highest BCUT2D eigenvalue weighted by molar-refractivity contribution is 7.89. The van der Waals surface area contributed by atoms with Crippen LogP contribution in [0.4, 0.5) is 0 Å². The number of carbonyl (C=O) groups is 1. The molecule has 0 radical (unpaired) electrons. The first-order chi connectivity index (χ1) is 12.2. The molecule has 2 aromatic carbocycles. The lowest BCUT2D eigenvalue weighted by Crippen LogP contribution is -2.47. The molecule has 136 valence electrons. The first-order valence-electron chi connectivity index (χ1n) is 7.79. The Hall–Kier alpha value is -2.89. The van der Waals surface area contributed by atoms with Gasteiger partial charge in [-0.1, -0.05) is 18.2 Å². The minimum Gasteiger partial charge on any atom is -0.481 e. The van der Waals surface area contributed by atoms with Crippen molar-refractivity contribution in [1.82, 2.24) is 10.3 Å². The predicted molar refractivity (Wildman–Crippen MR) is 95.6 cm³/mol. The third kappa shape index (κ3) is 4.59. The van der Waals surface area contributed by atoms with Crippen molar-refractivity contribution in [2.45, 2.75) is 31.8 Å². The Morgan fingerprint density at radius 1 is 1.19 bits per heavy atom. The van der Waals surface area contributed by atoms with E-state index in [1.807, 2.05) is 36.9 Å². The van der Waals surface area contributed by atoms with E-state index in [-0.39, 0.29) is 10.5 Å². The second kappa shape index (κ2) is 7.99. The second-order valence-corrected chi connectivity index (χ2v) is 7.37. The molecule has 2 N–H and O–H groups in total. The van der Waals surface area contributed by atoms with Crippen molar-refractivity contribution >= 4 is 15.9 Å². The van der Waals surface area contributed by atoms with Crippen LogP contribution in [0.15, 0.2) is 47.4 Å². The fourth-order valence-electron chi connectivity index (χ4n) is 2.11. The zero-order chi connectivity index (χ0) is 19.3. The number of hydrazine groups is 1. The molecule has 26 heavy (non-hydrogen) atoms. The number of carbonyl (C=O) groups excluding carboxylic acids is 1. The number of hydrogen-bond donors (Lipinski definition) is 2. The Morgan fingerprint density at radius 3 is 2.58 bits per heavy atom. The molecular weight excluding hydrogens is 354 g/mol. The highest BCUT2D eigenvalue weighted by Crippen LogP contribution is 2.21. The number of rotatable bonds is 6. The van der Waals surface area contributed by atoms with E-state index in [4.69, 9.17) is 10.00 Å². The second-order valence-electron chi connectivity index (χ2n) is 5.69. The van der Waals surface area contributed by atoms with Gasteiger partial charge in [-0.2, -0.15) is 5.26 Å². The maximum absolute atomic E-state index is 12.2. The van der Waals surface area contributed by atoms with Crippen molar-refractivity contribution in [3.63, 3.8) is 0 Å². The van der Waals surface area contributed by atoms with Crippen molar-refractivity contribution in [2.24, 2.45) is 0 Å². The first-order valence-corrected chi connectivity index (χ1v) is 9.27. The Balaban J connectivity index is 2.03. The lowest BCUT2D eigenvalue weighted by molar-refractivity contribution is -0.127. The summed E-state index contributed by atoms with van der Waals surface area (Å²) in [6.07, 6.45) is -0.913. The molecule has 2 aromatic rings. The summed E-state index contributed by atoms with van der Waals surface area (Å²) in [7, 11) is -4.00. The molecule has 0 saturated heterocycles. The fraction of sp³-hybridized carbons (Fsp3) is 0.222. The quantitative estimate of drug-likeness (QED) is 0.753. The summed E-state index contributed by atoms with van der Waals surface area (Å²) in [5.74, 6) is -0.0943. The number of benzene rings is 2. The molecule has 7 nitrogen and oxygen atoms in total. The number of nitrogens with zero attached hydrogens (tertiary/aromatic N) is 1. The number of aryl methyl sites for hydroxylation is 1.